The quantitative estimate of drug-likeness (QED) is 0.396. The van der Waals surface area contributed by atoms with Gasteiger partial charge in [0.25, 0.3) is 0 Å². The molecule has 0 spiro atoms. The number of nitrogens with one attached hydrogen (secondary N) is 2. The molecule has 2 atom stereocenters. The Hall–Kier alpha value is -2.96. The lowest BCUT2D eigenvalue weighted by Gasteiger charge is -2.31. The van der Waals surface area contributed by atoms with E-state index in [1.165, 1.54) is 45.9 Å². The largest absolute Gasteiger partial charge is 0.407 e. The Labute approximate surface area is 208 Å². The molecule has 3 rings (SSSR count). The number of rotatable bonds is 9. The van der Waals surface area contributed by atoms with Gasteiger partial charge in [-0.1, -0.05) is 48.5 Å². The highest BCUT2D eigenvalue weighted by Crippen LogP contribution is 2.39. The van der Waals surface area contributed by atoms with Crippen LogP contribution in [-0.4, -0.2) is 34.4 Å². The van der Waals surface area contributed by atoms with E-state index in [4.69, 9.17) is 0 Å². The van der Waals surface area contributed by atoms with Crippen LogP contribution in [0.1, 0.15) is 64.1 Å². The zero-order valence-electron chi connectivity index (χ0n) is 20.7. The Morgan fingerprint density at radius 3 is 2.17 bits per heavy atom. The molecule has 0 aromatic heterocycles. The number of halogens is 4. The summed E-state index contributed by atoms with van der Waals surface area (Å²) in [5.74, 6) is -0.863. The van der Waals surface area contributed by atoms with Gasteiger partial charge in [-0.05, 0) is 62.8 Å². The molecule has 2 aromatic rings. The minimum Gasteiger partial charge on any atom is -0.386 e. The minimum atomic E-state index is -4.84. The lowest BCUT2D eigenvalue weighted by Crippen LogP contribution is -2.53. The Morgan fingerprint density at radius 2 is 1.69 bits per heavy atom. The standard InChI is InChI=1S/C27H31F4N3O2/c1-24(2,28)15-21(23(35)34-26(16-32)12-13-26)33-22(27(29,30)31)18-10-11-19(17-8-6-5-7-9-17)20(14-18)25(3,4)36/h5-11,14,21-22,33,36H,12-13,15H2,1-4H3,(H,34,35)/t21-,22-/m0/s1. The molecule has 194 valence electrons. The van der Waals surface area contributed by atoms with E-state index >= 15 is 0 Å². The van der Waals surface area contributed by atoms with E-state index in [9.17, 15) is 32.7 Å². The topological polar surface area (TPSA) is 85.2 Å². The number of benzene rings is 2. The first-order chi connectivity index (χ1) is 16.5. The van der Waals surface area contributed by atoms with Gasteiger partial charge in [0.15, 0.2) is 0 Å². The molecule has 1 saturated carbocycles. The van der Waals surface area contributed by atoms with Gasteiger partial charge in [-0.25, -0.2) is 4.39 Å². The molecule has 9 heteroatoms. The fraction of sp³-hybridized carbons (Fsp3) is 0.481. The molecule has 0 heterocycles. The van der Waals surface area contributed by atoms with E-state index in [-0.39, 0.29) is 11.1 Å². The van der Waals surface area contributed by atoms with Crippen LogP contribution in [-0.2, 0) is 10.4 Å². The van der Waals surface area contributed by atoms with Crippen LogP contribution in [0, 0.1) is 11.3 Å². The van der Waals surface area contributed by atoms with E-state index in [0.29, 0.717) is 18.4 Å². The maximum absolute atomic E-state index is 14.5. The van der Waals surface area contributed by atoms with Crippen molar-refractivity contribution in [1.29, 1.82) is 5.26 Å². The Balaban J connectivity index is 2.03. The van der Waals surface area contributed by atoms with Gasteiger partial charge in [0.1, 0.15) is 17.2 Å². The third kappa shape index (κ3) is 6.83. The molecule has 36 heavy (non-hydrogen) atoms. The van der Waals surface area contributed by atoms with E-state index in [1.807, 2.05) is 6.07 Å². The number of alkyl halides is 4. The highest BCUT2D eigenvalue weighted by Gasteiger charge is 2.48. The second kappa shape index (κ2) is 9.83. The molecular formula is C27H31F4N3O2. The van der Waals surface area contributed by atoms with Crippen molar-refractivity contribution in [3.63, 3.8) is 0 Å². The smallest absolute Gasteiger partial charge is 0.386 e. The zero-order chi connectivity index (χ0) is 26.9. The Morgan fingerprint density at radius 1 is 1.08 bits per heavy atom. The predicted octanol–water partition coefficient (Wildman–Crippen LogP) is 5.45. The van der Waals surface area contributed by atoms with Crippen molar-refractivity contribution in [2.45, 2.75) is 82.0 Å². The van der Waals surface area contributed by atoms with Crippen LogP contribution in [0.5, 0.6) is 0 Å². The van der Waals surface area contributed by atoms with Crippen LogP contribution in [0.15, 0.2) is 48.5 Å². The molecule has 0 unspecified atom stereocenters. The minimum absolute atomic E-state index is 0.227. The molecule has 1 fully saturated rings. The van der Waals surface area contributed by atoms with Crippen molar-refractivity contribution in [1.82, 2.24) is 10.6 Å². The number of nitrogens with zero attached hydrogens (tertiary/aromatic N) is 1. The summed E-state index contributed by atoms with van der Waals surface area (Å²) in [4.78, 5) is 12.9. The third-order valence-corrected chi connectivity index (χ3v) is 6.15. The van der Waals surface area contributed by atoms with Crippen LogP contribution in [0.2, 0.25) is 0 Å². The fourth-order valence-electron chi connectivity index (χ4n) is 4.12. The molecule has 0 saturated heterocycles. The average molecular weight is 506 g/mol. The zero-order valence-corrected chi connectivity index (χ0v) is 20.7. The molecule has 0 radical (unpaired) electrons. The molecule has 1 aliphatic carbocycles. The van der Waals surface area contributed by atoms with E-state index in [1.54, 1.807) is 30.3 Å². The van der Waals surface area contributed by atoms with Crippen LogP contribution >= 0.6 is 0 Å². The molecular weight excluding hydrogens is 474 g/mol. The van der Waals surface area contributed by atoms with E-state index in [2.05, 4.69) is 10.6 Å². The fourth-order valence-corrected chi connectivity index (χ4v) is 4.12. The van der Waals surface area contributed by atoms with Gasteiger partial charge in [0.05, 0.1) is 17.7 Å². The lowest BCUT2D eigenvalue weighted by molar-refractivity contribution is -0.161. The summed E-state index contributed by atoms with van der Waals surface area (Å²) >= 11 is 0. The first-order valence-corrected chi connectivity index (χ1v) is 11.7. The lowest BCUT2D eigenvalue weighted by atomic mass is 9.86. The van der Waals surface area contributed by atoms with Crippen molar-refractivity contribution in [3.8, 4) is 17.2 Å². The van der Waals surface area contributed by atoms with Gasteiger partial charge in [-0.2, -0.15) is 18.4 Å². The molecule has 3 N–H and O–H groups in total. The second-order valence-electron chi connectivity index (χ2n) is 10.5. The Kier molecular flexibility index (Phi) is 7.54. The normalized spacial score (nSPS) is 17.1. The molecule has 0 aliphatic heterocycles. The number of hydrogen-bond acceptors (Lipinski definition) is 4. The summed E-state index contributed by atoms with van der Waals surface area (Å²) in [6.07, 6.45) is -4.59. The first kappa shape index (κ1) is 27.6. The monoisotopic (exact) mass is 505 g/mol. The van der Waals surface area contributed by atoms with Gasteiger partial charge >= 0.3 is 6.18 Å². The summed E-state index contributed by atoms with van der Waals surface area (Å²) in [5.41, 5.74) is -3.21. The van der Waals surface area contributed by atoms with Gasteiger partial charge in [-0.3, -0.25) is 10.1 Å². The third-order valence-electron chi connectivity index (χ3n) is 6.15. The number of nitriles is 1. The van der Waals surface area contributed by atoms with Crippen LogP contribution < -0.4 is 10.6 Å². The van der Waals surface area contributed by atoms with Crippen molar-refractivity contribution in [3.05, 3.63) is 59.7 Å². The molecule has 0 bridgehead atoms. The summed E-state index contributed by atoms with van der Waals surface area (Å²) in [6, 6.07) is 11.1. The van der Waals surface area contributed by atoms with Crippen molar-refractivity contribution >= 4 is 5.91 Å². The van der Waals surface area contributed by atoms with Crippen molar-refractivity contribution in [2.75, 3.05) is 0 Å². The van der Waals surface area contributed by atoms with Crippen molar-refractivity contribution in [2.24, 2.45) is 0 Å². The van der Waals surface area contributed by atoms with Crippen LogP contribution in [0.3, 0.4) is 0 Å². The van der Waals surface area contributed by atoms with E-state index < -0.39 is 47.4 Å². The SMILES string of the molecule is CC(C)(F)C[C@H](N[C@@H](c1ccc(-c2ccccc2)c(C(C)(C)O)c1)C(F)(F)F)C(=O)NC1(C#N)CC1. The maximum Gasteiger partial charge on any atom is 0.407 e. The molecule has 2 aromatic carbocycles. The van der Waals surface area contributed by atoms with Gasteiger partial charge in [0, 0.05) is 6.42 Å². The summed E-state index contributed by atoms with van der Waals surface area (Å²) < 4.78 is 57.5. The maximum atomic E-state index is 14.5. The summed E-state index contributed by atoms with van der Waals surface area (Å²) in [5, 5.41) is 24.8. The second-order valence-corrected chi connectivity index (χ2v) is 10.5. The summed E-state index contributed by atoms with van der Waals surface area (Å²) in [7, 11) is 0. The van der Waals surface area contributed by atoms with Gasteiger partial charge in [0.2, 0.25) is 5.91 Å². The van der Waals surface area contributed by atoms with Crippen LogP contribution in [0.4, 0.5) is 17.6 Å². The van der Waals surface area contributed by atoms with Crippen LogP contribution in [0.25, 0.3) is 11.1 Å². The number of carbonyl (C=O) groups excluding carboxylic acids is 1. The highest BCUT2D eigenvalue weighted by molar-refractivity contribution is 5.83. The van der Waals surface area contributed by atoms with E-state index in [0.717, 1.165) is 5.56 Å². The predicted molar refractivity (Wildman–Crippen MR) is 128 cm³/mol. The molecule has 1 aliphatic rings. The number of aliphatic hydroxyl groups is 1. The average Bonchev–Trinajstić information content (AvgIpc) is 3.54. The van der Waals surface area contributed by atoms with Gasteiger partial charge < -0.3 is 10.4 Å². The molecule has 1 amide bonds. The number of amides is 1. The highest BCUT2D eigenvalue weighted by atomic mass is 19.4. The van der Waals surface area contributed by atoms with Gasteiger partial charge in [-0.15, -0.1) is 0 Å². The molecule has 5 nitrogen and oxygen atoms in total. The first-order valence-electron chi connectivity index (χ1n) is 11.7. The number of carbonyl (C=O) groups is 1. The van der Waals surface area contributed by atoms with Crippen molar-refractivity contribution < 1.29 is 27.5 Å². The summed E-state index contributed by atoms with van der Waals surface area (Å²) in [6.45, 7) is 5.31. The number of hydrogen-bond donors (Lipinski definition) is 3. The Bertz CT molecular complexity index is 1120.